The lowest BCUT2D eigenvalue weighted by molar-refractivity contribution is -0.0950. The fourth-order valence-corrected chi connectivity index (χ4v) is 6.98. The van der Waals surface area contributed by atoms with E-state index in [1.165, 1.54) is 0 Å². The fourth-order valence-electron chi connectivity index (χ4n) is 3.89. The Kier molecular flexibility index (Phi) is 10.3. The van der Waals surface area contributed by atoms with E-state index < -0.39 is 32.9 Å². The molecule has 6 nitrogen and oxygen atoms in total. The van der Waals surface area contributed by atoms with Gasteiger partial charge in [-0.1, -0.05) is 71.9 Å². The van der Waals surface area contributed by atoms with Crippen LogP contribution in [0.2, 0.25) is 36.3 Å². The number of hydrogen-bond acceptors (Lipinski definition) is 6. The van der Waals surface area contributed by atoms with E-state index in [0.29, 0.717) is 26.1 Å². The molecule has 1 fully saturated rings. The van der Waals surface area contributed by atoms with Gasteiger partial charge < -0.3 is 13.6 Å². The van der Waals surface area contributed by atoms with Crippen molar-refractivity contribution in [2.24, 2.45) is 5.92 Å². The summed E-state index contributed by atoms with van der Waals surface area (Å²) in [5, 5.41) is 0.0643. The van der Waals surface area contributed by atoms with E-state index in [-0.39, 0.29) is 28.2 Å². The molecule has 0 N–H and O–H groups in total. The minimum Gasteiger partial charge on any atom is -0.416 e. The summed E-state index contributed by atoms with van der Waals surface area (Å²) in [5.41, 5.74) is 1.09. The van der Waals surface area contributed by atoms with Crippen molar-refractivity contribution < 1.29 is 26.2 Å². The maximum atomic E-state index is 12.3. The van der Waals surface area contributed by atoms with Gasteiger partial charge in [0.25, 0.3) is 10.1 Å². The second-order valence-corrected chi connectivity index (χ2v) is 24.5. The Hall–Kier alpha value is -0.556. The smallest absolute Gasteiger partial charge is 0.264 e. The molecule has 1 saturated carbocycles. The Labute approximate surface area is 222 Å². The van der Waals surface area contributed by atoms with Crippen LogP contribution in [0.15, 0.2) is 30.3 Å². The summed E-state index contributed by atoms with van der Waals surface area (Å²) >= 11 is 0. The molecule has 208 valence electrons. The molecule has 1 aromatic rings. The van der Waals surface area contributed by atoms with E-state index in [9.17, 15) is 8.42 Å². The molecule has 9 heteroatoms. The van der Waals surface area contributed by atoms with Crippen molar-refractivity contribution in [3.05, 3.63) is 35.9 Å². The predicted octanol–water partition coefficient (Wildman–Crippen LogP) is 6.74. The van der Waals surface area contributed by atoms with E-state index in [1.54, 1.807) is 0 Å². The summed E-state index contributed by atoms with van der Waals surface area (Å²) in [6.45, 7) is 23.1. The van der Waals surface area contributed by atoms with Crippen molar-refractivity contribution in [3.63, 3.8) is 0 Å². The first-order valence-corrected chi connectivity index (χ1v) is 20.7. The first kappa shape index (κ1) is 31.7. The van der Waals surface area contributed by atoms with Crippen LogP contribution in [0.25, 0.3) is 0 Å². The highest BCUT2D eigenvalue weighted by Crippen LogP contribution is 2.43. The van der Waals surface area contributed by atoms with Crippen molar-refractivity contribution in [2.45, 2.75) is 116 Å². The zero-order chi connectivity index (χ0) is 27.6. The standard InChI is InChI=1S/C27H50O6SSi2/c1-26(2,3)35(8,9)31-20-23-24(32-34(7,28)29)17-22(30-19-21-15-13-12-14-16-21)18-25(23)33-36(10,11)27(4,5)6/h12-16,22-25H,17-20H2,1-11H3/t22-,23+,24-,25+/m1/s1. The molecule has 0 radical (unpaired) electrons. The third-order valence-corrected chi connectivity index (χ3v) is 17.9. The lowest BCUT2D eigenvalue weighted by Crippen LogP contribution is -2.55. The van der Waals surface area contributed by atoms with Gasteiger partial charge >= 0.3 is 0 Å². The highest BCUT2D eigenvalue weighted by atomic mass is 32.2. The van der Waals surface area contributed by atoms with Crippen molar-refractivity contribution >= 4 is 26.8 Å². The van der Waals surface area contributed by atoms with Gasteiger partial charge in [-0.05, 0) is 48.2 Å². The van der Waals surface area contributed by atoms with E-state index in [1.807, 2.05) is 30.3 Å². The number of benzene rings is 1. The van der Waals surface area contributed by atoms with Crippen LogP contribution in [-0.2, 0) is 34.5 Å². The summed E-state index contributed by atoms with van der Waals surface area (Å²) < 4.78 is 50.3. The lowest BCUT2D eigenvalue weighted by atomic mass is 9.83. The van der Waals surface area contributed by atoms with Gasteiger partial charge in [0.05, 0.1) is 31.2 Å². The first-order valence-electron chi connectivity index (χ1n) is 13.1. The lowest BCUT2D eigenvalue weighted by Gasteiger charge is -2.47. The molecule has 0 amide bonds. The maximum Gasteiger partial charge on any atom is 0.264 e. The molecular weight excluding hydrogens is 509 g/mol. The minimum atomic E-state index is -3.67. The van der Waals surface area contributed by atoms with E-state index in [4.69, 9.17) is 17.8 Å². The second-order valence-electron chi connectivity index (χ2n) is 13.4. The molecule has 0 saturated heterocycles. The van der Waals surface area contributed by atoms with Gasteiger partial charge in [0.1, 0.15) is 0 Å². The molecule has 2 rings (SSSR count). The first-order chi connectivity index (χ1) is 16.2. The zero-order valence-corrected chi connectivity index (χ0v) is 27.2. The highest BCUT2D eigenvalue weighted by Gasteiger charge is 2.48. The topological polar surface area (TPSA) is 71.1 Å². The summed E-state index contributed by atoms with van der Waals surface area (Å²) in [5.74, 6) is -0.195. The van der Waals surface area contributed by atoms with Crippen LogP contribution in [0.3, 0.4) is 0 Å². The average Bonchev–Trinajstić information content (AvgIpc) is 2.69. The van der Waals surface area contributed by atoms with Gasteiger partial charge in [-0.2, -0.15) is 8.42 Å². The van der Waals surface area contributed by atoms with Crippen LogP contribution >= 0.6 is 0 Å². The summed E-state index contributed by atoms with van der Waals surface area (Å²) in [4.78, 5) is 0. The fraction of sp³-hybridized carbons (Fsp3) is 0.778. The van der Waals surface area contributed by atoms with Crippen LogP contribution in [0, 0.1) is 5.92 Å². The van der Waals surface area contributed by atoms with Crippen molar-refractivity contribution in [2.75, 3.05) is 12.9 Å². The van der Waals surface area contributed by atoms with Gasteiger partial charge in [0, 0.05) is 18.9 Å². The van der Waals surface area contributed by atoms with Crippen LogP contribution in [0.1, 0.15) is 59.9 Å². The Morgan fingerprint density at radius 1 is 0.861 bits per heavy atom. The van der Waals surface area contributed by atoms with E-state index in [2.05, 4.69) is 67.7 Å². The molecular formula is C27H50O6SSi2. The van der Waals surface area contributed by atoms with Crippen LogP contribution < -0.4 is 0 Å². The molecule has 0 unspecified atom stereocenters. The van der Waals surface area contributed by atoms with E-state index in [0.717, 1.165) is 11.8 Å². The van der Waals surface area contributed by atoms with Gasteiger partial charge in [0.15, 0.2) is 16.6 Å². The third-order valence-electron chi connectivity index (χ3n) is 8.27. The van der Waals surface area contributed by atoms with Gasteiger partial charge in [0.2, 0.25) is 0 Å². The zero-order valence-electron chi connectivity index (χ0n) is 24.4. The molecule has 0 bridgehead atoms. The van der Waals surface area contributed by atoms with Crippen LogP contribution in [-0.4, -0.2) is 56.2 Å². The average molecular weight is 559 g/mol. The molecule has 1 aromatic carbocycles. The predicted molar refractivity (Wildman–Crippen MR) is 153 cm³/mol. The molecule has 0 aliphatic heterocycles. The molecule has 4 atom stereocenters. The van der Waals surface area contributed by atoms with Crippen LogP contribution in [0.4, 0.5) is 0 Å². The molecule has 0 spiro atoms. The van der Waals surface area contributed by atoms with Gasteiger partial charge in [-0.25, -0.2) is 0 Å². The third kappa shape index (κ3) is 9.03. The molecule has 1 aliphatic carbocycles. The summed E-state index contributed by atoms with van der Waals surface area (Å²) in [6, 6.07) is 10.0. The van der Waals surface area contributed by atoms with Crippen molar-refractivity contribution in [1.29, 1.82) is 0 Å². The normalized spacial score (nSPS) is 24.6. The highest BCUT2D eigenvalue weighted by molar-refractivity contribution is 7.86. The maximum absolute atomic E-state index is 12.3. The molecule has 1 aliphatic rings. The quantitative estimate of drug-likeness (QED) is 0.234. The number of ether oxygens (including phenoxy) is 1. The Bertz CT molecular complexity index is 935. The second kappa shape index (κ2) is 11.7. The molecule has 0 heterocycles. The van der Waals surface area contributed by atoms with Crippen molar-refractivity contribution in [1.82, 2.24) is 0 Å². The largest absolute Gasteiger partial charge is 0.416 e. The summed E-state index contributed by atoms with van der Waals surface area (Å²) in [7, 11) is -7.88. The minimum absolute atomic E-state index is 0.0167. The number of rotatable bonds is 10. The van der Waals surface area contributed by atoms with Gasteiger partial charge in [-0.3, -0.25) is 4.18 Å². The Balaban J connectivity index is 2.36. The Morgan fingerprint density at radius 3 is 1.89 bits per heavy atom. The molecule has 36 heavy (non-hydrogen) atoms. The SMILES string of the molecule is CC(C)(C)[Si](C)(C)OC[C@@H]1[C@@H](O[Si](C)(C)C(C)(C)C)C[C@H](OCc2ccccc2)C[C@H]1OS(C)(=O)=O. The monoisotopic (exact) mass is 558 g/mol. The summed E-state index contributed by atoms with van der Waals surface area (Å²) in [6.07, 6.45) is 1.36. The van der Waals surface area contributed by atoms with Crippen molar-refractivity contribution in [3.8, 4) is 0 Å². The molecule has 0 aromatic heterocycles. The number of hydrogen-bond donors (Lipinski definition) is 0. The Morgan fingerprint density at radius 2 is 1.39 bits per heavy atom. The van der Waals surface area contributed by atoms with Gasteiger partial charge in [-0.15, -0.1) is 0 Å². The van der Waals surface area contributed by atoms with E-state index >= 15 is 0 Å². The van der Waals surface area contributed by atoms with Crippen LogP contribution in [0.5, 0.6) is 0 Å².